The Bertz CT molecular complexity index is 877. The molecule has 1 aromatic heterocycles. The van der Waals surface area contributed by atoms with Crippen molar-refractivity contribution in [2.75, 3.05) is 26.2 Å². The van der Waals surface area contributed by atoms with E-state index in [-0.39, 0.29) is 36.3 Å². The van der Waals surface area contributed by atoms with Crippen molar-refractivity contribution >= 4 is 11.8 Å². The van der Waals surface area contributed by atoms with Crippen molar-refractivity contribution < 1.29 is 19.4 Å². The molecule has 0 bridgehead atoms. The lowest BCUT2D eigenvalue weighted by atomic mass is 10.1. The Morgan fingerprint density at radius 2 is 2.14 bits per heavy atom. The number of carbonyl (C=O) groups is 2. The topological polar surface area (TPSA) is 96.7 Å². The fourth-order valence-corrected chi connectivity index (χ4v) is 3.05. The SMILES string of the molecule is CCN(CCOc1ccc(C)c(C)c1)C(=O)c1cc2n(n1)CC(O)CNC2=O. The fourth-order valence-electron chi connectivity index (χ4n) is 3.05. The Balaban J connectivity index is 1.65. The Kier molecular flexibility index (Phi) is 5.99. The molecular formula is C20H26N4O4. The predicted octanol–water partition coefficient (Wildman–Crippen LogP) is 1.15. The average Bonchev–Trinajstić information content (AvgIpc) is 3.04. The molecule has 1 aromatic carbocycles. The summed E-state index contributed by atoms with van der Waals surface area (Å²) in [4.78, 5) is 26.5. The highest BCUT2D eigenvalue weighted by Crippen LogP contribution is 2.16. The summed E-state index contributed by atoms with van der Waals surface area (Å²) in [5.74, 6) is 0.157. The molecule has 2 N–H and O–H groups in total. The minimum Gasteiger partial charge on any atom is -0.492 e. The van der Waals surface area contributed by atoms with E-state index in [2.05, 4.69) is 10.4 Å². The second-order valence-electron chi connectivity index (χ2n) is 6.94. The summed E-state index contributed by atoms with van der Waals surface area (Å²) in [6.07, 6.45) is -0.735. The van der Waals surface area contributed by atoms with E-state index in [0.717, 1.165) is 11.3 Å². The van der Waals surface area contributed by atoms with Crippen molar-refractivity contribution in [3.05, 3.63) is 46.8 Å². The minimum absolute atomic E-state index is 0.169. The zero-order valence-electron chi connectivity index (χ0n) is 16.4. The standard InChI is InChI=1S/C20H26N4O4/c1-4-23(7-8-28-16-6-5-13(2)14(3)9-16)20(27)17-10-18-19(26)21-11-15(25)12-24(18)22-17/h5-6,9-10,15,25H,4,7-8,11-12H2,1-3H3,(H,21,26). The minimum atomic E-state index is -0.735. The quantitative estimate of drug-likeness (QED) is 0.776. The van der Waals surface area contributed by atoms with E-state index >= 15 is 0 Å². The molecule has 0 saturated heterocycles. The molecule has 1 aliphatic rings. The van der Waals surface area contributed by atoms with Crippen molar-refractivity contribution in [3.8, 4) is 5.75 Å². The third kappa shape index (κ3) is 4.33. The molecule has 2 aromatic rings. The first-order valence-corrected chi connectivity index (χ1v) is 9.42. The van der Waals surface area contributed by atoms with Gasteiger partial charge >= 0.3 is 0 Å². The van der Waals surface area contributed by atoms with E-state index in [1.807, 2.05) is 39.0 Å². The van der Waals surface area contributed by atoms with Crippen LogP contribution >= 0.6 is 0 Å². The molecular weight excluding hydrogens is 360 g/mol. The zero-order valence-corrected chi connectivity index (χ0v) is 16.4. The van der Waals surface area contributed by atoms with Crippen molar-refractivity contribution in [2.24, 2.45) is 0 Å². The summed E-state index contributed by atoms with van der Waals surface area (Å²) < 4.78 is 7.16. The molecule has 1 atom stereocenters. The van der Waals surface area contributed by atoms with Gasteiger partial charge in [0.15, 0.2) is 5.69 Å². The number of aliphatic hydroxyl groups excluding tert-OH is 1. The number of amides is 2. The summed E-state index contributed by atoms with van der Waals surface area (Å²) in [5, 5.41) is 16.7. The van der Waals surface area contributed by atoms with Gasteiger partial charge in [0.2, 0.25) is 0 Å². The number of likely N-dealkylation sites (N-methyl/N-ethyl adjacent to an activating group) is 1. The molecule has 1 unspecified atom stereocenters. The normalized spacial score (nSPS) is 16.1. The van der Waals surface area contributed by atoms with Crippen LogP contribution in [0.5, 0.6) is 5.75 Å². The highest BCUT2D eigenvalue weighted by Gasteiger charge is 2.26. The number of benzene rings is 1. The summed E-state index contributed by atoms with van der Waals surface area (Å²) in [7, 11) is 0. The van der Waals surface area contributed by atoms with Crippen LogP contribution in [0.15, 0.2) is 24.3 Å². The van der Waals surface area contributed by atoms with Gasteiger partial charge in [-0.2, -0.15) is 5.10 Å². The lowest BCUT2D eigenvalue weighted by Gasteiger charge is -2.20. The van der Waals surface area contributed by atoms with E-state index in [1.54, 1.807) is 4.90 Å². The first kappa shape index (κ1) is 19.9. The molecule has 1 aliphatic heterocycles. The van der Waals surface area contributed by atoms with Crippen LogP contribution in [0, 0.1) is 13.8 Å². The van der Waals surface area contributed by atoms with E-state index in [0.29, 0.717) is 19.7 Å². The van der Waals surface area contributed by atoms with Gasteiger partial charge in [-0.05, 0) is 44.0 Å². The van der Waals surface area contributed by atoms with Gasteiger partial charge in [-0.25, -0.2) is 0 Å². The summed E-state index contributed by atoms with van der Waals surface area (Å²) >= 11 is 0. The van der Waals surface area contributed by atoms with E-state index < -0.39 is 6.10 Å². The van der Waals surface area contributed by atoms with Gasteiger partial charge in [-0.15, -0.1) is 0 Å². The maximum Gasteiger partial charge on any atom is 0.274 e. The number of aromatic nitrogens is 2. The van der Waals surface area contributed by atoms with Crippen molar-refractivity contribution in [1.82, 2.24) is 20.0 Å². The second-order valence-corrected chi connectivity index (χ2v) is 6.94. The van der Waals surface area contributed by atoms with E-state index in [1.165, 1.54) is 16.3 Å². The smallest absolute Gasteiger partial charge is 0.274 e. The number of fused-ring (bicyclic) bond motifs is 1. The zero-order chi connectivity index (χ0) is 20.3. The van der Waals surface area contributed by atoms with Gasteiger partial charge in [0.25, 0.3) is 11.8 Å². The van der Waals surface area contributed by atoms with Gasteiger partial charge < -0.3 is 20.1 Å². The number of rotatable bonds is 6. The Hall–Kier alpha value is -2.87. The number of ether oxygens (including phenoxy) is 1. The number of aryl methyl sites for hydroxylation is 2. The van der Waals surface area contributed by atoms with Gasteiger partial charge in [-0.3, -0.25) is 14.3 Å². The predicted molar refractivity (Wildman–Crippen MR) is 104 cm³/mol. The first-order valence-electron chi connectivity index (χ1n) is 9.42. The van der Waals surface area contributed by atoms with Crippen LogP contribution in [0.3, 0.4) is 0 Å². The number of hydrogen-bond acceptors (Lipinski definition) is 5. The lowest BCUT2D eigenvalue weighted by molar-refractivity contribution is 0.0731. The van der Waals surface area contributed by atoms with Gasteiger partial charge in [0.05, 0.1) is 19.2 Å². The molecule has 0 spiro atoms. The number of β-amino-alcohol motifs (C(OH)–C–C–N with tert-alkyl or cyclic N) is 1. The largest absolute Gasteiger partial charge is 0.492 e. The molecule has 28 heavy (non-hydrogen) atoms. The molecule has 150 valence electrons. The molecule has 8 heteroatoms. The Morgan fingerprint density at radius 1 is 1.36 bits per heavy atom. The Labute approximate surface area is 164 Å². The van der Waals surface area contributed by atoms with Crippen LogP contribution in [-0.2, 0) is 6.54 Å². The maximum atomic E-state index is 12.8. The molecule has 8 nitrogen and oxygen atoms in total. The van der Waals surface area contributed by atoms with Crippen LogP contribution in [0.1, 0.15) is 39.0 Å². The third-order valence-corrected chi connectivity index (χ3v) is 4.89. The van der Waals surface area contributed by atoms with Crippen molar-refractivity contribution in [3.63, 3.8) is 0 Å². The second kappa shape index (κ2) is 8.43. The first-order chi connectivity index (χ1) is 13.4. The molecule has 2 amide bonds. The van der Waals surface area contributed by atoms with Crippen molar-refractivity contribution in [2.45, 2.75) is 33.4 Å². The molecule has 0 saturated carbocycles. The fraction of sp³-hybridized carbons (Fsp3) is 0.450. The molecule has 2 heterocycles. The van der Waals surface area contributed by atoms with E-state index in [4.69, 9.17) is 4.74 Å². The molecule has 0 fully saturated rings. The van der Waals surface area contributed by atoms with Crippen LogP contribution in [0.4, 0.5) is 0 Å². The maximum absolute atomic E-state index is 12.8. The van der Waals surface area contributed by atoms with Crippen LogP contribution in [-0.4, -0.2) is 63.9 Å². The molecule has 0 radical (unpaired) electrons. The summed E-state index contributed by atoms with van der Waals surface area (Å²) in [5.41, 5.74) is 2.82. The number of nitrogens with one attached hydrogen (secondary N) is 1. The van der Waals surface area contributed by atoms with Crippen molar-refractivity contribution in [1.29, 1.82) is 0 Å². The number of nitrogens with zero attached hydrogens (tertiary/aromatic N) is 3. The van der Waals surface area contributed by atoms with Crippen LogP contribution in [0.2, 0.25) is 0 Å². The molecule has 3 rings (SSSR count). The van der Waals surface area contributed by atoms with Gasteiger partial charge in [-0.1, -0.05) is 6.07 Å². The highest BCUT2D eigenvalue weighted by molar-refractivity contribution is 5.98. The van der Waals surface area contributed by atoms with Gasteiger partial charge in [0.1, 0.15) is 18.1 Å². The summed E-state index contributed by atoms with van der Waals surface area (Å²) in [6.45, 7) is 7.54. The number of aliphatic hydroxyl groups is 1. The van der Waals surface area contributed by atoms with Crippen LogP contribution in [0.25, 0.3) is 0 Å². The summed E-state index contributed by atoms with van der Waals surface area (Å²) in [6, 6.07) is 7.37. The highest BCUT2D eigenvalue weighted by atomic mass is 16.5. The number of carbonyl (C=O) groups excluding carboxylic acids is 2. The Morgan fingerprint density at radius 3 is 2.86 bits per heavy atom. The lowest BCUT2D eigenvalue weighted by Crippen LogP contribution is -2.35. The molecule has 0 aliphatic carbocycles. The average molecular weight is 386 g/mol. The monoisotopic (exact) mass is 386 g/mol. The van der Waals surface area contributed by atoms with Gasteiger partial charge in [0, 0.05) is 19.2 Å². The van der Waals surface area contributed by atoms with Crippen LogP contribution < -0.4 is 10.1 Å². The third-order valence-electron chi connectivity index (χ3n) is 4.89. The number of hydrogen-bond donors (Lipinski definition) is 2. The van der Waals surface area contributed by atoms with E-state index in [9.17, 15) is 14.7 Å².